The van der Waals surface area contributed by atoms with Crippen LogP contribution < -0.4 is 4.74 Å². The fourth-order valence-electron chi connectivity index (χ4n) is 2.68. The van der Waals surface area contributed by atoms with Crippen LogP contribution >= 0.6 is 11.6 Å². The van der Waals surface area contributed by atoms with Gasteiger partial charge in [0.05, 0.1) is 17.7 Å². The third kappa shape index (κ3) is 4.98. The Hall–Kier alpha value is -2.60. The van der Waals surface area contributed by atoms with Crippen LogP contribution in [0.4, 0.5) is 4.39 Å². The summed E-state index contributed by atoms with van der Waals surface area (Å²) in [6.07, 6.45) is 1.86. The van der Waals surface area contributed by atoms with Crippen molar-refractivity contribution in [1.82, 2.24) is 4.90 Å². The van der Waals surface area contributed by atoms with Crippen LogP contribution in [-0.2, 0) is 16.1 Å². The normalized spacial score (nSPS) is 13.1. The van der Waals surface area contributed by atoms with Crippen LogP contribution in [0.15, 0.2) is 42.5 Å². The number of amides is 1. The number of hydrogen-bond acceptors (Lipinski definition) is 4. The van der Waals surface area contributed by atoms with Gasteiger partial charge in [0.25, 0.3) is 5.91 Å². The molecule has 1 saturated carbocycles. The first-order valence-electron chi connectivity index (χ1n) is 8.52. The molecule has 2 aromatic rings. The van der Waals surface area contributed by atoms with Gasteiger partial charge in [-0.3, -0.25) is 4.79 Å². The number of carbonyl (C=O) groups excluding carboxylic acids is 2. The average Bonchev–Trinajstić information content (AvgIpc) is 3.49. The number of rotatable bonds is 7. The lowest BCUT2D eigenvalue weighted by Gasteiger charge is -2.22. The van der Waals surface area contributed by atoms with Gasteiger partial charge in [0.1, 0.15) is 11.6 Å². The number of methoxy groups -OCH3 is 1. The number of carbonyl (C=O) groups is 2. The van der Waals surface area contributed by atoms with E-state index < -0.39 is 11.8 Å². The van der Waals surface area contributed by atoms with Crippen LogP contribution in [0.5, 0.6) is 5.75 Å². The monoisotopic (exact) mass is 391 g/mol. The predicted octanol–water partition coefficient (Wildman–Crippen LogP) is 3.84. The molecule has 0 bridgehead atoms. The molecular weight excluding hydrogens is 373 g/mol. The zero-order chi connectivity index (χ0) is 19.4. The molecule has 7 heteroatoms. The summed E-state index contributed by atoms with van der Waals surface area (Å²) in [5.41, 5.74) is 0.989. The fraction of sp³-hybridized carbons (Fsp3) is 0.300. The van der Waals surface area contributed by atoms with Crippen molar-refractivity contribution in [2.45, 2.75) is 25.4 Å². The zero-order valence-corrected chi connectivity index (χ0v) is 15.5. The lowest BCUT2D eigenvalue weighted by atomic mass is 10.2. The molecule has 0 N–H and O–H groups in total. The van der Waals surface area contributed by atoms with E-state index in [0.717, 1.165) is 36.3 Å². The molecule has 3 rings (SSSR count). The molecule has 1 aliphatic rings. The molecule has 0 unspecified atom stereocenters. The molecule has 5 nitrogen and oxygen atoms in total. The fourth-order valence-corrected chi connectivity index (χ4v) is 2.92. The van der Waals surface area contributed by atoms with E-state index in [9.17, 15) is 14.0 Å². The van der Waals surface area contributed by atoms with E-state index in [1.807, 2.05) is 24.3 Å². The van der Waals surface area contributed by atoms with Gasteiger partial charge in [-0.1, -0.05) is 23.7 Å². The van der Waals surface area contributed by atoms with Crippen molar-refractivity contribution in [1.29, 1.82) is 0 Å². The van der Waals surface area contributed by atoms with Gasteiger partial charge < -0.3 is 14.4 Å². The SMILES string of the molecule is COc1ccc(CN(C(=O)COC(=O)c2ccc(F)cc2Cl)C2CC2)cc1. The third-order valence-electron chi connectivity index (χ3n) is 4.30. The van der Waals surface area contributed by atoms with Crippen molar-refractivity contribution < 1.29 is 23.5 Å². The highest BCUT2D eigenvalue weighted by atomic mass is 35.5. The largest absolute Gasteiger partial charge is 0.497 e. The smallest absolute Gasteiger partial charge is 0.340 e. The van der Waals surface area contributed by atoms with E-state index in [0.29, 0.717) is 6.54 Å². The van der Waals surface area contributed by atoms with Crippen molar-refractivity contribution in [3.05, 3.63) is 64.4 Å². The Bertz CT molecular complexity index is 836. The first-order valence-corrected chi connectivity index (χ1v) is 8.90. The Kier molecular flexibility index (Phi) is 5.96. The van der Waals surface area contributed by atoms with Crippen LogP contribution in [-0.4, -0.2) is 36.5 Å². The van der Waals surface area contributed by atoms with E-state index in [1.165, 1.54) is 6.07 Å². The highest BCUT2D eigenvalue weighted by Crippen LogP contribution is 2.29. The molecule has 1 aliphatic carbocycles. The van der Waals surface area contributed by atoms with Gasteiger partial charge in [-0.05, 0) is 48.7 Å². The number of nitrogens with zero attached hydrogens (tertiary/aromatic N) is 1. The summed E-state index contributed by atoms with van der Waals surface area (Å²) in [5.74, 6) is -0.839. The van der Waals surface area contributed by atoms with Gasteiger partial charge in [0.15, 0.2) is 6.61 Å². The lowest BCUT2D eigenvalue weighted by Crippen LogP contribution is -2.36. The van der Waals surface area contributed by atoms with Gasteiger partial charge in [0, 0.05) is 12.6 Å². The molecule has 1 amide bonds. The molecule has 1 fully saturated rings. The van der Waals surface area contributed by atoms with Crippen molar-refractivity contribution in [3.63, 3.8) is 0 Å². The van der Waals surface area contributed by atoms with Crippen LogP contribution in [0.1, 0.15) is 28.8 Å². The van der Waals surface area contributed by atoms with Crippen LogP contribution in [0, 0.1) is 5.82 Å². The first kappa shape index (κ1) is 19.2. The zero-order valence-electron chi connectivity index (χ0n) is 14.8. The third-order valence-corrected chi connectivity index (χ3v) is 4.61. The maximum Gasteiger partial charge on any atom is 0.340 e. The number of ether oxygens (including phenoxy) is 2. The Labute approximate surface area is 161 Å². The van der Waals surface area contributed by atoms with Crippen molar-refractivity contribution in [2.75, 3.05) is 13.7 Å². The summed E-state index contributed by atoms with van der Waals surface area (Å²) in [5, 5.41) is -0.0512. The highest BCUT2D eigenvalue weighted by molar-refractivity contribution is 6.33. The minimum absolute atomic E-state index is 0.0268. The summed E-state index contributed by atoms with van der Waals surface area (Å²) in [6, 6.07) is 11.0. The van der Waals surface area contributed by atoms with Gasteiger partial charge in [-0.15, -0.1) is 0 Å². The van der Waals surface area contributed by atoms with Gasteiger partial charge in [0.2, 0.25) is 0 Å². The highest BCUT2D eigenvalue weighted by Gasteiger charge is 2.33. The average molecular weight is 392 g/mol. The van der Waals surface area contributed by atoms with E-state index in [4.69, 9.17) is 21.1 Å². The molecule has 0 heterocycles. The standard InChI is InChI=1S/C20H19ClFNO4/c1-26-16-7-2-13(3-8-16)11-23(15-5-6-15)19(24)12-27-20(25)17-9-4-14(22)10-18(17)21/h2-4,7-10,15H,5-6,11-12H2,1H3. The summed E-state index contributed by atoms with van der Waals surface area (Å²) in [6.45, 7) is 0.0432. The van der Waals surface area contributed by atoms with Crippen LogP contribution in [0.2, 0.25) is 5.02 Å². The van der Waals surface area contributed by atoms with E-state index >= 15 is 0 Å². The molecule has 0 atom stereocenters. The van der Waals surface area contributed by atoms with Crippen molar-refractivity contribution in [3.8, 4) is 5.75 Å². The molecule has 2 aromatic carbocycles. The van der Waals surface area contributed by atoms with E-state index in [-0.39, 0.29) is 29.1 Å². The molecule has 142 valence electrons. The Balaban J connectivity index is 1.60. The number of benzene rings is 2. The van der Waals surface area contributed by atoms with Crippen molar-refractivity contribution >= 4 is 23.5 Å². The molecular formula is C20H19ClFNO4. The summed E-state index contributed by atoms with van der Waals surface area (Å²) in [4.78, 5) is 26.4. The number of halogens is 2. The van der Waals surface area contributed by atoms with Gasteiger partial charge in [-0.2, -0.15) is 0 Å². The second-order valence-corrected chi connectivity index (χ2v) is 6.71. The van der Waals surface area contributed by atoms with Gasteiger partial charge >= 0.3 is 5.97 Å². The molecule has 0 aliphatic heterocycles. The summed E-state index contributed by atoms with van der Waals surface area (Å²) >= 11 is 5.85. The Morgan fingerprint density at radius 2 is 1.89 bits per heavy atom. The molecule has 0 aromatic heterocycles. The maximum absolute atomic E-state index is 13.1. The quantitative estimate of drug-likeness (QED) is 0.673. The van der Waals surface area contributed by atoms with Crippen molar-refractivity contribution in [2.24, 2.45) is 0 Å². The van der Waals surface area contributed by atoms with E-state index in [2.05, 4.69) is 0 Å². The number of esters is 1. The molecule has 0 saturated heterocycles. The second kappa shape index (κ2) is 8.39. The first-order chi connectivity index (χ1) is 13.0. The molecule has 0 spiro atoms. The Morgan fingerprint density at radius 1 is 1.19 bits per heavy atom. The predicted molar refractivity (Wildman–Crippen MR) is 98.3 cm³/mol. The second-order valence-electron chi connectivity index (χ2n) is 6.30. The Morgan fingerprint density at radius 3 is 2.48 bits per heavy atom. The van der Waals surface area contributed by atoms with Crippen LogP contribution in [0.3, 0.4) is 0 Å². The topological polar surface area (TPSA) is 55.8 Å². The lowest BCUT2D eigenvalue weighted by molar-refractivity contribution is -0.135. The van der Waals surface area contributed by atoms with Crippen LogP contribution in [0.25, 0.3) is 0 Å². The van der Waals surface area contributed by atoms with E-state index in [1.54, 1.807) is 12.0 Å². The molecule has 0 radical (unpaired) electrons. The minimum Gasteiger partial charge on any atom is -0.497 e. The molecule has 27 heavy (non-hydrogen) atoms. The minimum atomic E-state index is -0.756. The summed E-state index contributed by atoms with van der Waals surface area (Å²) in [7, 11) is 1.59. The number of hydrogen-bond donors (Lipinski definition) is 0. The maximum atomic E-state index is 13.1. The summed E-state index contributed by atoms with van der Waals surface area (Å²) < 4.78 is 23.3. The van der Waals surface area contributed by atoms with Gasteiger partial charge in [-0.25, -0.2) is 9.18 Å².